The summed E-state index contributed by atoms with van der Waals surface area (Å²) in [5.41, 5.74) is 6.79. The molecule has 3 aromatic rings. The summed E-state index contributed by atoms with van der Waals surface area (Å²) in [7, 11) is 0. The molecule has 0 fully saturated rings. The number of primary amides is 1. The van der Waals surface area contributed by atoms with Gasteiger partial charge in [0.25, 0.3) is 11.5 Å². The molecule has 0 saturated carbocycles. The zero-order valence-electron chi connectivity index (χ0n) is 16.0. The van der Waals surface area contributed by atoms with Gasteiger partial charge in [-0.05, 0) is 49.2 Å². The van der Waals surface area contributed by atoms with Crippen LogP contribution < -0.4 is 16.6 Å². The summed E-state index contributed by atoms with van der Waals surface area (Å²) in [6.07, 6.45) is 0. The number of hydrogen-bond acceptors (Lipinski definition) is 4. The van der Waals surface area contributed by atoms with Gasteiger partial charge in [-0.1, -0.05) is 26.0 Å². The number of amides is 2. The molecule has 3 rings (SSSR count). The van der Waals surface area contributed by atoms with Crippen LogP contribution in [0.2, 0.25) is 0 Å². The van der Waals surface area contributed by atoms with E-state index in [9.17, 15) is 14.4 Å². The molecule has 2 aromatic carbocycles. The Bertz CT molecular complexity index is 1100. The standard InChI is InChI=1S/C21H22N4O3/c1-12(2)18(19(22)26)24-20(27)14-8-10-15(11-9-14)25-13(3)23-17-7-5-4-6-16(17)21(25)28/h4-12,18H,1-3H3,(H2,22,26)(H,24,27)/t18-/m1/s1. The summed E-state index contributed by atoms with van der Waals surface area (Å²) in [5, 5.41) is 3.17. The van der Waals surface area contributed by atoms with Crippen molar-refractivity contribution in [3.8, 4) is 5.69 Å². The van der Waals surface area contributed by atoms with Gasteiger partial charge in [0.15, 0.2) is 0 Å². The first-order valence-electron chi connectivity index (χ1n) is 8.98. The maximum atomic E-state index is 12.9. The van der Waals surface area contributed by atoms with E-state index in [1.807, 2.05) is 6.07 Å². The van der Waals surface area contributed by atoms with Crippen molar-refractivity contribution in [2.24, 2.45) is 11.7 Å². The van der Waals surface area contributed by atoms with Crippen LogP contribution in [0.15, 0.2) is 53.3 Å². The molecule has 28 heavy (non-hydrogen) atoms. The highest BCUT2D eigenvalue weighted by Crippen LogP contribution is 2.14. The smallest absolute Gasteiger partial charge is 0.265 e. The highest BCUT2D eigenvalue weighted by Gasteiger charge is 2.22. The molecule has 7 heteroatoms. The Morgan fingerprint density at radius 2 is 1.71 bits per heavy atom. The van der Waals surface area contributed by atoms with Crippen molar-refractivity contribution in [1.29, 1.82) is 0 Å². The first kappa shape index (κ1) is 19.3. The minimum Gasteiger partial charge on any atom is -0.368 e. The second kappa shape index (κ2) is 7.64. The van der Waals surface area contributed by atoms with Crippen LogP contribution >= 0.6 is 0 Å². The second-order valence-corrected chi connectivity index (χ2v) is 6.96. The van der Waals surface area contributed by atoms with Crippen LogP contribution in [0.3, 0.4) is 0 Å². The number of rotatable bonds is 5. The molecule has 0 bridgehead atoms. The molecule has 3 N–H and O–H groups in total. The van der Waals surface area contributed by atoms with Crippen molar-refractivity contribution < 1.29 is 9.59 Å². The highest BCUT2D eigenvalue weighted by atomic mass is 16.2. The van der Waals surface area contributed by atoms with Crippen LogP contribution in [0.4, 0.5) is 0 Å². The molecule has 2 amide bonds. The summed E-state index contributed by atoms with van der Waals surface area (Å²) in [4.78, 5) is 41.2. The second-order valence-electron chi connectivity index (χ2n) is 6.96. The third-order valence-electron chi connectivity index (χ3n) is 4.59. The van der Waals surface area contributed by atoms with Gasteiger partial charge < -0.3 is 11.1 Å². The van der Waals surface area contributed by atoms with E-state index in [2.05, 4.69) is 10.3 Å². The van der Waals surface area contributed by atoms with Crippen LogP contribution in [-0.4, -0.2) is 27.4 Å². The molecule has 144 valence electrons. The Balaban J connectivity index is 1.93. The SMILES string of the molecule is Cc1nc2ccccc2c(=O)n1-c1ccc(C(=O)N[C@@H](C(N)=O)C(C)C)cc1. The number of carbonyl (C=O) groups is 2. The Kier molecular flexibility index (Phi) is 5.26. The zero-order valence-corrected chi connectivity index (χ0v) is 16.0. The Morgan fingerprint density at radius 3 is 2.32 bits per heavy atom. The predicted octanol–water partition coefficient (Wildman–Crippen LogP) is 1.93. The maximum absolute atomic E-state index is 12.9. The largest absolute Gasteiger partial charge is 0.368 e. The van der Waals surface area contributed by atoms with Gasteiger partial charge in [-0.25, -0.2) is 4.98 Å². The number of fused-ring (bicyclic) bond motifs is 1. The van der Waals surface area contributed by atoms with Gasteiger partial charge in [-0.15, -0.1) is 0 Å². The summed E-state index contributed by atoms with van der Waals surface area (Å²) < 4.78 is 1.50. The lowest BCUT2D eigenvalue weighted by Gasteiger charge is -2.19. The highest BCUT2D eigenvalue weighted by molar-refractivity contribution is 5.97. The summed E-state index contributed by atoms with van der Waals surface area (Å²) in [5.74, 6) is -0.547. The van der Waals surface area contributed by atoms with E-state index in [-0.39, 0.29) is 11.5 Å². The van der Waals surface area contributed by atoms with Crippen LogP contribution in [0.1, 0.15) is 30.0 Å². The van der Waals surface area contributed by atoms with E-state index in [4.69, 9.17) is 5.73 Å². The third-order valence-corrected chi connectivity index (χ3v) is 4.59. The minimum atomic E-state index is -0.748. The lowest BCUT2D eigenvalue weighted by Crippen LogP contribution is -2.47. The van der Waals surface area contributed by atoms with Crippen molar-refractivity contribution in [2.45, 2.75) is 26.8 Å². The number of nitrogens with two attached hydrogens (primary N) is 1. The Hall–Kier alpha value is -3.48. The van der Waals surface area contributed by atoms with E-state index in [1.165, 1.54) is 4.57 Å². The van der Waals surface area contributed by atoms with Gasteiger partial charge in [0.2, 0.25) is 5.91 Å². The fraction of sp³-hybridized carbons (Fsp3) is 0.238. The number of benzene rings is 2. The van der Waals surface area contributed by atoms with E-state index in [0.29, 0.717) is 28.0 Å². The third kappa shape index (κ3) is 3.64. The Labute approximate surface area is 162 Å². The Morgan fingerprint density at radius 1 is 1.07 bits per heavy atom. The molecule has 0 radical (unpaired) electrons. The van der Waals surface area contributed by atoms with Crippen LogP contribution in [-0.2, 0) is 4.79 Å². The number of aryl methyl sites for hydroxylation is 1. The number of carbonyl (C=O) groups excluding carboxylic acids is 2. The average molecular weight is 378 g/mol. The van der Waals surface area contributed by atoms with Gasteiger partial charge in [0.1, 0.15) is 11.9 Å². The first-order chi connectivity index (χ1) is 13.3. The van der Waals surface area contributed by atoms with Crippen molar-refractivity contribution in [3.05, 3.63) is 70.3 Å². The molecular weight excluding hydrogens is 356 g/mol. The summed E-state index contributed by atoms with van der Waals surface area (Å²) in [6.45, 7) is 5.37. The summed E-state index contributed by atoms with van der Waals surface area (Å²) in [6, 6.07) is 13.0. The number of aromatic nitrogens is 2. The molecule has 1 aromatic heterocycles. The topological polar surface area (TPSA) is 107 Å². The van der Waals surface area contributed by atoms with Gasteiger partial charge >= 0.3 is 0 Å². The molecule has 0 aliphatic heterocycles. The van der Waals surface area contributed by atoms with Crippen molar-refractivity contribution in [2.75, 3.05) is 0 Å². The summed E-state index contributed by atoms with van der Waals surface area (Å²) >= 11 is 0. The van der Waals surface area contributed by atoms with Gasteiger partial charge in [0, 0.05) is 5.56 Å². The van der Waals surface area contributed by atoms with Gasteiger partial charge in [-0.2, -0.15) is 0 Å². The number of para-hydroxylation sites is 1. The lowest BCUT2D eigenvalue weighted by molar-refractivity contribution is -0.120. The minimum absolute atomic E-state index is 0.120. The average Bonchev–Trinajstić information content (AvgIpc) is 2.66. The van der Waals surface area contributed by atoms with Crippen LogP contribution in [0, 0.1) is 12.8 Å². The van der Waals surface area contributed by atoms with E-state index >= 15 is 0 Å². The molecule has 1 heterocycles. The van der Waals surface area contributed by atoms with E-state index in [1.54, 1.807) is 63.2 Å². The number of hydrogen-bond donors (Lipinski definition) is 2. The molecule has 0 aliphatic rings. The predicted molar refractivity (Wildman–Crippen MR) is 107 cm³/mol. The monoisotopic (exact) mass is 378 g/mol. The van der Waals surface area contributed by atoms with Gasteiger partial charge in [-0.3, -0.25) is 19.0 Å². The van der Waals surface area contributed by atoms with Crippen LogP contribution in [0.5, 0.6) is 0 Å². The molecular formula is C21H22N4O3. The molecule has 0 unspecified atom stereocenters. The molecule has 0 spiro atoms. The van der Waals surface area contributed by atoms with E-state index < -0.39 is 17.9 Å². The molecule has 0 saturated heterocycles. The first-order valence-corrected chi connectivity index (χ1v) is 8.98. The fourth-order valence-electron chi connectivity index (χ4n) is 3.10. The van der Waals surface area contributed by atoms with Crippen molar-refractivity contribution in [3.63, 3.8) is 0 Å². The van der Waals surface area contributed by atoms with Gasteiger partial charge in [0.05, 0.1) is 16.6 Å². The molecule has 0 aliphatic carbocycles. The number of nitrogens with one attached hydrogen (secondary N) is 1. The molecule has 1 atom stereocenters. The van der Waals surface area contributed by atoms with Crippen LogP contribution in [0.25, 0.3) is 16.6 Å². The van der Waals surface area contributed by atoms with Crippen molar-refractivity contribution in [1.82, 2.24) is 14.9 Å². The van der Waals surface area contributed by atoms with Crippen molar-refractivity contribution >= 4 is 22.7 Å². The van der Waals surface area contributed by atoms with E-state index in [0.717, 1.165) is 0 Å². The quantitative estimate of drug-likeness (QED) is 0.707. The lowest BCUT2D eigenvalue weighted by atomic mass is 10.0. The zero-order chi connectivity index (χ0) is 20.4. The number of nitrogens with zero attached hydrogens (tertiary/aromatic N) is 2. The normalized spacial score (nSPS) is 12.1. The molecule has 7 nitrogen and oxygen atoms in total. The maximum Gasteiger partial charge on any atom is 0.265 e. The fourth-order valence-corrected chi connectivity index (χ4v) is 3.10.